The van der Waals surface area contributed by atoms with Crippen LogP contribution in [-0.2, 0) is 28.7 Å². The summed E-state index contributed by atoms with van der Waals surface area (Å²) in [7, 11) is 1.21. The summed E-state index contributed by atoms with van der Waals surface area (Å²) in [5.41, 5.74) is 6.98. The van der Waals surface area contributed by atoms with Gasteiger partial charge in [-0.1, -0.05) is 18.2 Å². The minimum Gasteiger partial charge on any atom is -0.468 e. The highest BCUT2D eigenvalue weighted by Gasteiger charge is 2.44. The molecule has 2 atom stereocenters. The molecule has 1 aliphatic rings. The molecule has 11 heteroatoms. The van der Waals surface area contributed by atoms with E-state index in [1.54, 1.807) is 26.8 Å². The standard InChI is InChI=1S/C26H38N4O7/c1-15-7-8-17(13-16(15)2)22(23(33)28-14-21(32)36-6)30(18-9-10-18)24(34)19(11-12-20(27)31)29-25(35)37-26(3,4)5/h7-8,13,18-19,22H,9-12,14H2,1-6H3,(H2,27,31)(H,28,33)(H,29,35). The van der Waals surface area contributed by atoms with E-state index in [0.29, 0.717) is 18.4 Å². The molecular weight excluding hydrogens is 480 g/mol. The molecule has 204 valence electrons. The summed E-state index contributed by atoms with van der Waals surface area (Å²) in [6.45, 7) is 8.51. The molecule has 0 radical (unpaired) electrons. The van der Waals surface area contributed by atoms with Crippen LogP contribution in [0, 0.1) is 13.8 Å². The van der Waals surface area contributed by atoms with Crippen molar-refractivity contribution in [1.82, 2.24) is 15.5 Å². The molecule has 1 aromatic rings. The number of benzene rings is 1. The van der Waals surface area contributed by atoms with Gasteiger partial charge >= 0.3 is 12.1 Å². The van der Waals surface area contributed by atoms with E-state index in [-0.39, 0.29) is 25.4 Å². The van der Waals surface area contributed by atoms with Crippen molar-refractivity contribution in [2.45, 2.75) is 84.0 Å². The third-order valence-electron chi connectivity index (χ3n) is 5.87. The molecule has 1 fully saturated rings. The fraction of sp³-hybridized carbons (Fsp3) is 0.577. The van der Waals surface area contributed by atoms with Crippen LogP contribution in [-0.4, -0.2) is 66.0 Å². The maximum atomic E-state index is 13.9. The molecular formula is C26H38N4O7. The molecule has 1 aliphatic carbocycles. The van der Waals surface area contributed by atoms with Gasteiger partial charge in [0.15, 0.2) is 0 Å². The largest absolute Gasteiger partial charge is 0.468 e. The summed E-state index contributed by atoms with van der Waals surface area (Å²) in [6.07, 6.45) is 0.260. The van der Waals surface area contributed by atoms with Crippen molar-refractivity contribution >= 4 is 29.8 Å². The first-order chi connectivity index (χ1) is 17.2. The molecule has 0 aromatic heterocycles. The van der Waals surface area contributed by atoms with E-state index in [0.717, 1.165) is 11.1 Å². The van der Waals surface area contributed by atoms with Gasteiger partial charge in [0.2, 0.25) is 17.7 Å². The minimum absolute atomic E-state index is 0.0694. The van der Waals surface area contributed by atoms with Gasteiger partial charge in [0.05, 0.1) is 7.11 Å². The molecule has 0 saturated heterocycles. The molecule has 4 amide bonds. The zero-order valence-electron chi connectivity index (χ0n) is 22.4. The predicted octanol–water partition coefficient (Wildman–Crippen LogP) is 1.78. The lowest BCUT2D eigenvalue weighted by Gasteiger charge is -2.34. The van der Waals surface area contributed by atoms with Crippen molar-refractivity contribution in [3.63, 3.8) is 0 Å². The average Bonchev–Trinajstić information content (AvgIpc) is 3.63. The number of hydrogen-bond acceptors (Lipinski definition) is 7. The smallest absolute Gasteiger partial charge is 0.408 e. The van der Waals surface area contributed by atoms with Crippen LogP contribution in [0.2, 0.25) is 0 Å². The normalized spacial score (nSPS) is 14.6. The molecule has 2 unspecified atom stereocenters. The predicted molar refractivity (Wildman–Crippen MR) is 135 cm³/mol. The number of nitrogens with zero attached hydrogens (tertiary/aromatic N) is 1. The molecule has 1 saturated carbocycles. The molecule has 2 rings (SSSR count). The Bertz CT molecular complexity index is 1030. The highest BCUT2D eigenvalue weighted by atomic mass is 16.6. The van der Waals surface area contributed by atoms with E-state index < -0.39 is 47.5 Å². The second-order valence-corrected chi connectivity index (χ2v) is 10.2. The fourth-order valence-electron chi connectivity index (χ4n) is 3.75. The summed E-state index contributed by atoms with van der Waals surface area (Å²) in [5, 5.41) is 5.10. The van der Waals surface area contributed by atoms with Crippen LogP contribution in [0.3, 0.4) is 0 Å². The number of ether oxygens (including phenoxy) is 2. The first kappa shape index (κ1) is 29.6. The number of carbonyl (C=O) groups is 5. The number of rotatable bonds is 11. The van der Waals surface area contributed by atoms with Crippen LogP contribution in [0.5, 0.6) is 0 Å². The molecule has 0 aliphatic heterocycles. The van der Waals surface area contributed by atoms with Crippen LogP contribution < -0.4 is 16.4 Å². The number of primary amides is 1. The lowest BCUT2D eigenvalue weighted by atomic mass is 9.97. The summed E-state index contributed by atoms with van der Waals surface area (Å²) < 4.78 is 9.94. The minimum atomic E-state index is -1.16. The highest BCUT2D eigenvalue weighted by Crippen LogP contribution is 2.36. The van der Waals surface area contributed by atoms with E-state index in [2.05, 4.69) is 15.4 Å². The number of methoxy groups -OCH3 is 1. The van der Waals surface area contributed by atoms with Crippen molar-refractivity contribution in [3.05, 3.63) is 34.9 Å². The second kappa shape index (κ2) is 12.6. The van der Waals surface area contributed by atoms with Gasteiger partial charge in [-0.2, -0.15) is 0 Å². The van der Waals surface area contributed by atoms with Crippen molar-refractivity contribution in [3.8, 4) is 0 Å². The topological polar surface area (TPSA) is 157 Å². The van der Waals surface area contributed by atoms with Crippen molar-refractivity contribution in [2.75, 3.05) is 13.7 Å². The summed E-state index contributed by atoms with van der Waals surface area (Å²) in [6, 6.07) is 2.92. The quantitative estimate of drug-likeness (QED) is 0.377. The van der Waals surface area contributed by atoms with Gasteiger partial charge < -0.3 is 30.7 Å². The van der Waals surface area contributed by atoms with Gasteiger partial charge in [0.1, 0.15) is 24.2 Å². The molecule has 0 bridgehead atoms. The summed E-state index contributed by atoms with van der Waals surface area (Å²) in [5.74, 6) is -2.39. The Labute approximate surface area is 217 Å². The maximum Gasteiger partial charge on any atom is 0.408 e. The zero-order valence-corrected chi connectivity index (χ0v) is 22.4. The third-order valence-corrected chi connectivity index (χ3v) is 5.87. The van der Waals surface area contributed by atoms with Crippen LogP contribution in [0.25, 0.3) is 0 Å². The van der Waals surface area contributed by atoms with Gasteiger partial charge in [-0.25, -0.2) is 4.79 Å². The monoisotopic (exact) mass is 518 g/mol. The molecule has 4 N–H and O–H groups in total. The number of hydrogen-bond donors (Lipinski definition) is 3. The van der Waals surface area contributed by atoms with Crippen molar-refractivity contribution in [1.29, 1.82) is 0 Å². The Morgan fingerprint density at radius 3 is 2.27 bits per heavy atom. The van der Waals surface area contributed by atoms with E-state index in [1.165, 1.54) is 12.0 Å². The molecule has 1 aromatic carbocycles. The average molecular weight is 519 g/mol. The summed E-state index contributed by atoms with van der Waals surface area (Å²) in [4.78, 5) is 64.6. The number of esters is 1. The number of amides is 4. The molecule has 0 heterocycles. The van der Waals surface area contributed by atoms with E-state index in [4.69, 9.17) is 10.5 Å². The van der Waals surface area contributed by atoms with Crippen molar-refractivity contribution in [2.24, 2.45) is 5.73 Å². The number of alkyl carbamates (subject to hydrolysis) is 1. The van der Waals surface area contributed by atoms with Crippen molar-refractivity contribution < 1.29 is 33.4 Å². The lowest BCUT2D eigenvalue weighted by Crippen LogP contribution is -2.54. The maximum absolute atomic E-state index is 13.9. The number of carbonyl (C=O) groups excluding carboxylic acids is 5. The number of nitrogens with one attached hydrogen (secondary N) is 2. The first-order valence-corrected chi connectivity index (χ1v) is 12.2. The first-order valence-electron chi connectivity index (χ1n) is 12.2. The van der Waals surface area contributed by atoms with Gasteiger partial charge in [0, 0.05) is 12.5 Å². The Morgan fingerprint density at radius 2 is 1.76 bits per heavy atom. The van der Waals surface area contributed by atoms with E-state index in [1.807, 2.05) is 26.0 Å². The fourth-order valence-corrected chi connectivity index (χ4v) is 3.75. The van der Waals surface area contributed by atoms with Gasteiger partial charge in [-0.15, -0.1) is 0 Å². The Hall–Kier alpha value is -3.63. The van der Waals surface area contributed by atoms with Gasteiger partial charge in [0.25, 0.3) is 0 Å². The molecule has 11 nitrogen and oxygen atoms in total. The zero-order chi connectivity index (χ0) is 27.9. The van der Waals surface area contributed by atoms with Gasteiger partial charge in [-0.3, -0.25) is 19.2 Å². The Kier molecular flexibility index (Phi) is 10.0. The van der Waals surface area contributed by atoms with Gasteiger partial charge in [-0.05, 0) is 70.6 Å². The van der Waals surface area contributed by atoms with Crippen LogP contribution >= 0.6 is 0 Å². The second-order valence-electron chi connectivity index (χ2n) is 10.2. The van der Waals surface area contributed by atoms with Crippen LogP contribution in [0.15, 0.2) is 18.2 Å². The summed E-state index contributed by atoms with van der Waals surface area (Å²) >= 11 is 0. The van der Waals surface area contributed by atoms with Crippen LogP contribution in [0.4, 0.5) is 4.79 Å². The number of nitrogens with two attached hydrogens (primary N) is 1. The molecule has 37 heavy (non-hydrogen) atoms. The molecule has 0 spiro atoms. The van der Waals surface area contributed by atoms with Crippen LogP contribution in [0.1, 0.15) is 69.2 Å². The third kappa shape index (κ3) is 9.07. The highest BCUT2D eigenvalue weighted by molar-refractivity contribution is 5.94. The Balaban J connectivity index is 2.47. The lowest BCUT2D eigenvalue weighted by molar-refractivity contribution is -0.145. The SMILES string of the molecule is COC(=O)CNC(=O)C(c1ccc(C)c(C)c1)N(C(=O)C(CCC(N)=O)NC(=O)OC(C)(C)C)C1CC1. The Morgan fingerprint density at radius 1 is 1.11 bits per heavy atom. The number of aryl methyl sites for hydroxylation is 2. The van der Waals surface area contributed by atoms with E-state index >= 15 is 0 Å². The van der Waals surface area contributed by atoms with E-state index in [9.17, 15) is 24.0 Å².